The average molecular weight is 370 g/mol. The number of carboxylic acid groups (broad SMARTS) is 1. The summed E-state index contributed by atoms with van der Waals surface area (Å²) in [6.07, 6.45) is 2.61. The van der Waals surface area contributed by atoms with E-state index in [4.69, 9.17) is 12.2 Å². The zero-order chi connectivity index (χ0) is 17.6. The third kappa shape index (κ3) is 2.74. The normalized spacial score (nSPS) is 31.0. The van der Waals surface area contributed by atoms with Crippen LogP contribution >= 0.6 is 24.0 Å². The van der Waals surface area contributed by atoms with Crippen molar-refractivity contribution in [3.63, 3.8) is 0 Å². The lowest BCUT2D eigenvalue weighted by molar-refractivity contribution is -0.163. The van der Waals surface area contributed by atoms with Gasteiger partial charge < -0.3 is 20.0 Å². The van der Waals surface area contributed by atoms with Gasteiger partial charge in [0.15, 0.2) is 0 Å². The van der Waals surface area contributed by atoms with Crippen LogP contribution in [0.4, 0.5) is 0 Å². The number of carbonyl (C=O) groups excluding carboxylic acids is 1. The highest BCUT2D eigenvalue weighted by Crippen LogP contribution is 2.50. The van der Waals surface area contributed by atoms with Crippen LogP contribution in [0.3, 0.4) is 0 Å². The fourth-order valence-electron chi connectivity index (χ4n) is 3.89. The topological polar surface area (TPSA) is 81.1 Å². The number of aliphatic hydroxyl groups is 1. The van der Waals surface area contributed by atoms with Gasteiger partial charge in [-0.2, -0.15) is 0 Å². The predicted octanol–water partition coefficient (Wildman–Crippen LogP) is 1.64. The number of rotatable bonds is 3. The predicted molar refractivity (Wildman–Crippen MR) is 95.2 cm³/mol. The van der Waals surface area contributed by atoms with E-state index in [2.05, 4.69) is 4.90 Å². The largest absolute Gasteiger partial charge is 0.477 e. The van der Waals surface area contributed by atoms with Crippen LogP contribution in [-0.2, 0) is 9.59 Å². The van der Waals surface area contributed by atoms with Gasteiger partial charge in [-0.05, 0) is 26.2 Å². The molecule has 0 unspecified atom stereocenters. The zero-order valence-electron chi connectivity index (χ0n) is 13.8. The number of thiocarbonyl (C=S) groups is 1. The summed E-state index contributed by atoms with van der Waals surface area (Å²) < 4.78 is 0.679. The second-order valence-corrected chi connectivity index (χ2v) is 8.36. The quantitative estimate of drug-likeness (QED) is 0.577. The van der Waals surface area contributed by atoms with E-state index in [1.165, 1.54) is 23.1 Å². The Morgan fingerprint density at radius 2 is 1.96 bits per heavy atom. The Morgan fingerprint density at radius 1 is 1.33 bits per heavy atom. The highest BCUT2D eigenvalue weighted by Gasteiger charge is 2.60. The Hall–Kier alpha value is -1.12. The second-order valence-electron chi connectivity index (χ2n) is 6.69. The van der Waals surface area contributed by atoms with E-state index in [9.17, 15) is 19.8 Å². The van der Waals surface area contributed by atoms with E-state index in [0.717, 1.165) is 25.9 Å². The molecule has 0 aromatic carbocycles. The maximum atomic E-state index is 12.3. The van der Waals surface area contributed by atoms with E-state index in [0.29, 0.717) is 9.23 Å². The van der Waals surface area contributed by atoms with Crippen LogP contribution < -0.4 is 0 Å². The Labute approximate surface area is 150 Å². The highest BCUT2D eigenvalue weighted by molar-refractivity contribution is 8.25. The summed E-state index contributed by atoms with van der Waals surface area (Å²) >= 11 is 6.82. The number of hydrogen-bond acceptors (Lipinski definition) is 5. The molecule has 0 aromatic rings. The molecule has 4 atom stereocenters. The first-order valence-corrected chi connectivity index (χ1v) is 9.52. The van der Waals surface area contributed by atoms with Gasteiger partial charge in [0, 0.05) is 23.9 Å². The Morgan fingerprint density at radius 3 is 2.50 bits per heavy atom. The first kappa shape index (κ1) is 17.7. The van der Waals surface area contributed by atoms with Crippen LogP contribution in [-0.4, -0.2) is 61.4 Å². The Balaban J connectivity index is 1.84. The molecule has 3 heterocycles. The van der Waals surface area contributed by atoms with Gasteiger partial charge in [-0.1, -0.05) is 30.9 Å². The molecule has 3 aliphatic rings. The number of piperidine rings is 1. The number of aliphatic hydroxyl groups excluding tert-OH is 1. The molecule has 3 aliphatic heterocycles. The van der Waals surface area contributed by atoms with Crippen LogP contribution in [0.25, 0.3) is 0 Å². The zero-order valence-corrected chi connectivity index (χ0v) is 15.4. The molecule has 3 rings (SSSR count). The molecule has 0 saturated carbocycles. The summed E-state index contributed by atoms with van der Waals surface area (Å²) in [5.41, 5.74) is 0.0405. The minimum absolute atomic E-state index is 0.0405. The fourth-order valence-corrected chi connectivity index (χ4v) is 5.45. The van der Waals surface area contributed by atoms with Crippen molar-refractivity contribution < 1.29 is 19.8 Å². The SMILES string of the molecule is C[C@@H](O)[C@H]1C(=O)N2C(C(=O)O)=C(SC(=S)N3CCCCC3)[C@H](C)[C@H]12. The monoisotopic (exact) mass is 370 g/mol. The number of fused-ring (bicyclic) bond motifs is 1. The number of β-lactam (4-membered cyclic amide) rings is 1. The minimum atomic E-state index is -1.11. The maximum absolute atomic E-state index is 12.3. The number of carbonyl (C=O) groups is 2. The number of thioether (sulfide) groups is 1. The van der Waals surface area contributed by atoms with E-state index in [1.807, 2.05) is 6.92 Å². The third-order valence-electron chi connectivity index (χ3n) is 5.12. The molecule has 1 amide bonds. The molecule has 2 saturated heterocycles. The minimum Gasteiger partial charge on any atom is -0.477 e. The molecule has 0 aliphatic carbocycles. The summed E-state index contributed by atoms with van der Waals surface area (Å²) in [5.74, 6) is -2.08. The van der Waals surface area contributed by atoms with Crippen LogP contribution in [0.1, 0.15) is 33.1 Å². The number of hydrogen-bond donors (Lipinski definition) is 2. The molecule has 0 aromatic heterocycles. The number of nitrogens with zero attached hydrogens (tertiary/aromatic N) is 2. The molecule has 2 N–H and O–H groups in total. The lowest BCUT2D eigenvalue weighted by Gasteiger charge is -2.46. The van der Waals surface area contributed by atoms with Crippen molar-refractivity contribution in [2.75, 3.05) is 13.1 Å². The third-order valence-corrected chi connectivity index (χ3v) is 6.85. The molecule has 132 valence electrons. The van der Waals surface area contributed by atoms with Crippen LogP contribution in [0.2, 0.25) is 0 Å². The molecule has 24 heavy (non-hydrogen) atoms. The Kier molecular flexibility index (Phi) is 4.90. The van der Waals surface area contributed by atoms with E-state index in [1.54, 1.807) is 6.92 Å². The van der Waals surface area contributed by atoms with Crippen LogP contribution in [0, 0.1) is 11.8 Å². The van der Waals surface area contributed by atoms with Crippen molar-refractivity contribution in [2.45, 2.75) is 45.3 Å². The molecule has 0 spiro atoms. The van der Waals surface area contributed by atoms with E-state index < -0.39 is 18.0 Å². The smallest absolute Gasteiger partial charge is 0.353 e. The van der Waals surface area contributed by atoms with Crippen LogP contribution in [0.15, 0.2) is 10.6 Å². The van der Waals surface area contributed by atoms with Crippen molar-refractivity contribution in [3.8, 4) is 0 Å². The average Bonchev–Trinajstić information content (AvgIpc) is 2.77. The van der Waals surface area contributed by atoms with Gasteiger partial charge in [0.05, 0.1) is 18.1 Å². The molecule has 8 heteroatoms. The summed E-state index contributed by atoms with van der Waals surface area (Å²) in [6, 6.07) is -0.282. The fraction of sp³-hybridized carbons (Fsp3) is 0.688. The van der Waals surface area contributed by atoms with Crippen molar-refractivity contribution >= 4 is 40.2 Å². The van der Waals surface area contributed by atoms with Crippen molar-refractivity contribution in [2.24, 2.45) is 11.8 Å². The first-order chi connectivity index (χ1) is 11.3. The lowest BCUT2D eigenvalue weighted by Crippen LogP contribution is -2.63. The van der Waals surface area contributed by atoms with Gasteiger partial charge in [-0.15, -0.1) is 0 Å². The standard InChI is InChI=1S/C16H22N2O4S2/c1-8-11-10(9(2)19)14(20)18(11)12(15(21)22)13(8)24-16(23)17-6-4-3-5-7-17/h8-11,19H,3-7H2,1-2H3,(H,21,22)/t8-,9-,10-,11-/m1/s1. The van der Waals surface area contributed by atoms with Crippen LogP contribution in [0.5, 0.6) is 0 Å². The molecule has 2 fully saturated rings. The summed E-state index contributed by atoms with van der Waals surface area (Å²) in [6.45, 7) is 5.30. The second kappa shape index (κ2) is 6.65. The first-order valence-electron chi connectivity index (χ1n) is 8.30. The van der Waals surface area contributed by atoms with Crippen molar-refractivity contribution in [1.29, 1.82) is 0 Å². The lowest BCUT2D eigenvalue weighted by atomic mass is 9.79. The van der Waals surface area contributed by atoms with Gasteiger partial charge in [0.25, 0.3) is 0 Å². The molecule has 6 nitrogen and oxygen atoms in total. The van der Waals surface area contributed by atoms with Gasteiger partial charge >= 0.3 is 5.97 Å². The van der Waals surface area contributed by atoms with Gasteiger partial charge in [-0.3, -0.25) is 4.79 Å². The van der Waals surface area contributed by atoms with Gasteiger partial charge in [0.2, 0.25) is 5.91 Å². The highest BCUT2D eigenvalue weighted by atomic mass is 32.2. The number of carboxylic acids is 1. The molecular formula is C16H22N2O4S2. The van der Waals surface area contributed by atoms with Crippen molar-refractivity contribution in [1.82, 2.24) is 9.80 Å². The van der Waals surface area contributed by atoms with E-state index >= 15 is 0 Å². The summed E-state index contributed by atoms with van der Waals surface area (Å²) in [7, 11) is 0. The number of aliphatic carboxylic acids is 1. The van der Waals surface area contributed by atoms with Crippen molar-refractivity contribution in [3.05, 3.63) is 10.6 Å². The van der Waals surface area contributed by atoms with Gasteiger partial charge in [0.1, 0.15) is 10.0 Å². The Bertz CT molecular complexity index is 613. The maximum Gasteiger partial charge on any atom is 0.353 e. The molecule has 0 radical (unpaired) electrons. The number of likely N-dealkylation sites (tertiary alicyclic amines) is 1. The molecular weight excluding hydrogens is 348 g/mol. The summed E-state index contributed by atoms with van der Waals surface area (Å²) in [4.78, 5) is 28.1. The molecule has 0 bridgehead atoms. The number of amides is 1. The summed E-state index contributed by atoms with van der Waals surface area (Å²) in [5, 5.41) is 19.5. The van der Waals surface area contributed by atoms with Gasteiger partial charge in [-0.25, -0.2) is 4.79 Å². The van der Waals surface area contributed by atoms with E-state index in [-0.39, 0.29) is 23.6 Å².